The molecule has 0 bridgehead atoms. The number of likely N-dealkylation sites (N-methyl/N-ethyl adjacent to an activating group) is 1. The highest BCUT2D eigenvalue weighted by Crippen LogP contribution is 2.39. The molecule has 11 heteroatoms. The number of rotatable bonds is 5. The van der Waals surface area contributed by atoms with Crippen molar-refractivity contribution in [2.45, 2.75) is 11.1 Å². The van der Waals surface area contributed by atoms with Crippen molar-refractivity contribution in [3.63, 3.8) is 0 Å². The van der Waals surface area contributed by atoms with Crippen LogP contribution in [0.25, 0.3) is 10.6 Å². The fourth-order valence-electron chi connectivity index (χ4n) is 3.38. The zero-order chi connectivity index (χ0) is 22.9. The normalized spacial score (nSPS) is 16.2. The van der Waals surface area contributed by atoms with E-state index in [1.54, 1.807) is 5.38 Å². The van der Waals surface area contributed by atoms with E-state index in [0.717, 1.165) is 49.4 Å². The third-order valence-electron chi connectivity index (χ3n) is 5.23. The molecule has 3 heterocycles. The first-order chi connectivity index (χ1) is 15.2. The van der Waals surface area contributed by atoms with E-state index < -0.39 is 22.5 Å². The molecule has 0 spiro atoms. The molecule has 1 unspecified atom stereocenters. The Morgan fingerprint density at radius 3 is 2.41 bits per heavy atom. The molecule has 1 atom stereocenters. The molecular formula is C21H22F3N5OS2. The van der Waals surface area contributed by atoms with Gasteiger partial charge in [0.15, 0.2) is 0 Å². The molecule has 6 nitrogen and oxygen atoms in total. The van der Waals surface area contributed by atoms with Gasteiger partial charge in [-0.3, -0.25) is 4.21 Å². The lowest BCUT2D eigenvalue weighted by atomic mass is 10.2. The van der Waals surface area contributed by atoms with Crippen molar-refractivity contribution in [1.82, 2.24) is 14.9 Å². The van der Waals surface area contributed by atoms with Crippen molar-refractivity contribution >= 4 is 39.5 Å². The Morgan fingerprint density at radius 2 is 1.81 bits per heavy atom. The van der Waals surface area contributed by atoms with Gasteiger partial charge in [0.2, 0.25) is 5.95 Å². The Hall–Kier alpha value is -2.50. The van der Waals surface area contributed by atoms with E-state index >= 15 is 0 Å². The highest BCUT2D eigenvalue weighted by atomic mass is 32.2. The summed E-state index contributed by atoms with van der Waals surface area (Å²) in [6.07, 6.45) is -2.34. The molecule has 32 heavy (non-hydrogen) atoms. The molecule has 2 aromatic heterocycles. The Kier molecular flexibility index (Phi) is 6.50. The third kappa shape index (κ3) is 5.11. The van der Waals surface area contributed by atoms with E-state index in [1.165, 1.54) is 12.3 Å². The van der Waals surface area contributed by atoms with Crippen molar-refractivity contribution in [1.29, 1.82) is 0 Å². The maximum absolute atomic E-state index is 13.5. The predicted molar refractivity (Wildman–Crippen MR) is 122 cm³/mol. The second kappa shape index (κ2) is 9.16. The van der Waals surface area contributed by atoms with Gasteiger partial charge in [-0.1, -0.05) is 0 Å². The molecule has 1 fully saturated rings. The average Bonchev–Trinajstić information content (AvgIpc) is 3.25. The Morgan fingerprint density at radius 1 is 1.12 bits per heavy atom. The van der Waals surface area contributed by atoms with Crippen LogP contribution < -0.4 is 10.2 Å². The minimum Gasteiger partial charge on any atom is -0.369 e. The molecule has 0 radical (unpaired) electrons. The lowest BCUT2D eigenvalue weighted by molar-refractivity contribution is -0.137. The quantitative estimate of drug-likeness (QED) is 0.581. The SMILES string of the molecule is CN1CCN(c2ccc(Nc3ncc(C(F)(F)F)c(-c4cc(S(C)=O)cs4)n3)cc2)CC1. The van der Waals surface area contributed by atoms with Gasteiger partial charge in [0.25, 0.3) is 0 Å². The molecule has 0 saturated carbocycles. The summed E-state index contributed by atoms with van der Waals surface area (Å²) in [7, 11) is 0.809. The van der Waals surface area contributed by atoms with E-state index in [2.05, 4.69) is 32.1 Å². The van der Waals surface area contributed by atoms with Crippen LogP contribution in [-0.2, 0) is 17.0 Å². The summed E-state index contributed by atoms with van der Waals surface area (Å²) in [6, 6.07) is 9.14. The molecule has 0 aliphatic carbocycles. The molecule has 1 aliphatic heterocycles. The van der Waals surface area contributed by atoms with Crippen LogP contribution in [0.5, 0.6) is 0 Å². The van der Waals surface area contributed by atoms with Crippen molar-refractivity contribution < 1.29 is 17.4 Å². The summed E-state index contributed by atoms with van der Waals surface area (Å²) < 4.78 is 52.3. The molecule has 170 valence electrons. The van der Waals surface area contributed by atoms with Crippen LogP contribution in [0.15, 0.2) is 46.8 Å². The zero-order valence-corrected chi connectivity index (χ0v) is 19.2. The fourth-order valence-corrected chi connectivity index (χ4v) is 5.20. The molecule has 1 aromatic carbocycles. The van der Waals surface area contributed by atoms with Gasteiger partial charge in [-0.15, -0.1) is 11.3 Å². The van der Waals surface area contributed by atoms with Crippen LogP contribution in [0.2, 0.25) is 0 Å². The standard InChI is InChI=1S/C21H22F3N5OS2/c1-28-7-9-29(10-8-28)15-5-3-14(4-6-15)26-20-25-12-17(21(22,23)24)19(27-20)18-11-16(13-31-18)32(2)30/h3-6,11-13H,7-10H2,1-2H3,(H,25,26,27). The number of halogens is 3. The van der Waals surface area contributed by atoms with Crippen LogP contribution in [0.3, 0.4) is 0 Å². The maximum Gasteiger partial charge on any atom is 0.420 e. The number of nitrogens with zero attached hydrogens (tertiary/aromatic N) is 4. The Balaban J connectivity index is 1.58. The smallest absolute Gasteiger partial charge is 0.369 e. The van der Waals surface area contributed by atoms with E-state index in [-0.39, 0.29) is 11.6 Å². The number of alkyl halides is 3. The van der Waals surface area contributed by atoms with Crippen molar-refractivity contribution in [2.24, 2.45) is 0 Å². The number of anilines is 3. The number of thiophene rings is 1. The van der Waals surface area contributed by atoms with Crippen molar-refractivity contribution in [3.8, 4) is 10.6 Å². The highest BCUT2D eigenvalue weighted by Gasteiger charge is 2.36. The summed E-state index contributed by atoms with van der Waals surface area (Å²) in [4.78, 5) is 13.4. The first-order valence-corrected chi connectivity index (χ1v) is 12.3. The van der Waals surface area contributed by atoms with Gasteiger partial charge < -0.3 is 15.1 Å². The first-order valence-electron chi connectivity index (χ1n) is 9.88. The van der Waals surface area contributed by atoms with Gasteiger partial charge in [-0.05, 0) is 37.4 Å². The van der Waals surface area contributed by atoms with Crippen LogP contribution in [0.1, 0.15) is 5.56 Å². The van der Waals surface area contributed by atoms with E-state index in [9.17, 15) is 17.4 Å². The highest BCUT2D eigenvalue weighted by molar-refractivity contribution is 7.84. The number of benzene rings is 1. The molecule has 1 aliphatic rings. The Labute approximate surface area is 190 Å². The topological polar surface area (TPSA) is 61.4 Å². The Bertz CT molecular complexity index is 1110. The summed E-state index contributed by atoms with van der Waals surface area (Å²) in [5, 5.41) is 4.57. The molecule has 3 aromatic rings. The third-order valence-corrected chi connectivity index (χ3v) is 7.21. The number of hydrogen-bond donors (Lipinski definition) is 1. The van der Waals surface area contributed by atoms with Crippen molar-refractivity contribution in [3.05, 3.63) is 47.5 Å². The minimum absolute atomic E-state index is 0.0629. The molecule has 0 amide bonds. The summed E-state index contributed by atoms with van der Waals surface area (Å²) in [6.45, 7) is 3.89. The maximum atomic E-state index is 13.5. The second-order valence-corrected chi connectivity index (χ2v) is 9.81. The van der Waals surface area contributed by atoms with Crippen molar-refractivity contribution in [2.75, 3.05) is 49.7 Å². The average molecular weight is 482 g/mol. The van der Waals surface area contributed by atoms with Gasteiger partial charge in [0.1, 0.15) is 5.56 Å². The van der Waals surface area contributed by atoms with Gasteiger partial charge >= 0.3 is 6.18 Å². The minimum atomic E-state index is -4.60. The lowest BCUT2D eigenvalue weighted by Crippen LogP contribution is -2.44. The number of piperazine rings is 1. The van der Waals surface area contributed by atoms with E-state index in [4.69, 9.17) is 0 Å². The molecular weight excluding hydrogens is 459 g/mol. The molecule has 4 rings (SSSR count). The number of hydrogen-bond acceptors (Lipinski definition) is 7. The predicted octanol–water partition coefficient (Wildman–Crippen LogP) is 4.46. The van der Waals surface area contributed by atoms with Crippen LogP contribution in [-0.4, -0.2) is 58.6 Å². The summed E-state index contributed by atoms with van der Waals surface area (Å²) in [5.41, 5.74) is 0.612. The summed E-state index contributed by atoms with van der Waals surface area (Å²) >= 11 is 1.07. The zero-order valence-electron chi connectivity index (χ0n) is 17.5. The molecule has 1 saturated heterocycles. The van der Waals surface area contributed by atoms with Gasteiger partial charge in [0, 0.05) is 60.3 Å². The molecule has 1 N–H and O–H groups in total. The summed E-state index contributed by atoms with van der Waals surface area (Å²) in [5.74, 6) is 0.0629. The number of nitrogens with one attached hydrogen (secondary N) is 1. The van der Waals surface area contributed by atoms with Crippen LogP contribution in [0, 0.1) is 0 Å². The number of aromatic nitrogens is 2. The van der Waals surface area contributed by atoms with E-state index in [1.807, 2.05) is 24.3 Å². The second-order valence-electron chi connectivity index (χ2n) is 7.52. The van der Waals surface area contributed by atoms with Crippen LogP contribution >= 0.6 is 11.3 Å². The van der Waals surface area contributed by atoms with Gasteiger partial charge in [0.05, 0.1) is 21.4 Å². The van der Waals surface area contributed by atoms with Gasteiger partial charge in [-0.25, -0.2) is 9.97 Å². The van der Waals surface area contributed by atoms with Gasteiger partial charge in [-0.2, -0.15) is 13.2 Å². The first kappa shape index (κ1) is 22.7. The largest absolute Gasteiger partial charge is 0.420 e. The fraction of sp³-hybridized carbons (Fsp3) is 0.333. The lowest BCUT2D eigenvalue weighted by Gasteiger charge is -2.34. The van der Waals surface area contributed by atoms with E-state index in [0.29, 0.717) is 15.5 Å². The monoisotopic (exact) mass is 481 g/mol. The van der Waals surface area contributed by atoms with Crippen LogP contribution in [0.4, 0.5) is 30.5 Å².